The minimum atomic E-state index is -0.749. The number of esters is 1. The number of hydrogen-bond donors (Lipinski definition) is 2. The second kappa shape index (κ2) is 12.8. The van der Waals surface area contributed by atoms with E-state index in [4.69, 9.17) is 16.3 Å². The van der Waals surface area contributed by atoms with Crippen LogP contribution in [0.5, 0.6) is 0 Å². The smallest absolute Gasteiger partial charge is 0.338 e. The fourth-order valence-electron chi connectivity index (χ4n) is 4.47. The van der Waals surface area contributed by atoms with Crippen LogP contribution in [0.2, 0.25) is 5.02 Å². The molecular weight excluding hydrogens is 482 g/mol. The molecule has 4 amide bonds. The zero-order valence-electron chi connectivity index (χ0n) is 21.3. The van der Waals surface area contributed by atoms with Crippen molar-refractivity contribution in [2.75, 3.05) is 45.9 Å². The molecule has 2 heterocycles. The van der Waals surface area contributed by atoms with Gasteiger partial charge in [-0.3, -0.25) is 9.80 Å². The lowest BCUT2D eigenvalue weighted by Crippen LogP contribution is -2.51. The van der Waals surface area contributed by atoms with E-state index in [-0.39, 0.29) is 31.3 Å². The van der Waals surface area contributed by atoms with Gasteiger partial charge in [0.05, 0.1) is 18.2 Å². The van der Waals surface area contributed by atoms with Gasteiger partial charge in [-0.2, -0.15) is 0 Å². The standard InChI is InChI=1S/C26H36ClN5O4/c1-5-12-32-21(17-30-13-9-14-31(16-15-30)25(34)28-18(3)4)22(24(33)36-6-2)23(29-26(32)35)19-10-7-8-11-20(19)27/h5,7-8,10-11,18,23H,1,6,9,12-17H2,2-4H3,(H,28,34)(H,29,35)/t23-/m0/s1. The van der Waals surface area contributed by atoms with Crippen molar-refractivity contribution < 1.29 is 19.1 Å². The molecule has 0 bridgehead atoms. The summed E-state index contributed by atoms with van der Waals surface area (Å²) < 4.78 is 5.44. The summed E-state index contributed by atoms with van der Waals surface area (Å²) in [5.74, 6) is -0.501. The van der Waals surface area contributed by atoms with Gasteiger partial charge in [0.15, 0.2) is 0 Å². The maximum Gasteiger partial charge on any atom is 0.338 e. The Bertz CT molecular complexity index is 1010. The third-order valence-electron chi connectivity index (χ3n) is 6.12. The van der Waals surface area contributed by atoms with E-state index < -0.39 is 12.0 Å². The first-order valence-corrected chi connectivity index (χ1v) is 12.8. The maximum absolute atomic E-state index is 13.3. The Labute approximate surface area is 218 Å². The number of hydrogen-bond acceptors (Lipinski definition) is 5. The second-order valence-electron chi connectivity index (χ2n) is 9.11. The average molecular weight is 518 g/mol. The molecule has 0 radical (unpaired) electrons. The molecule has 1 aromatic carbocycles. The number of halogens is 1. The van der Waals surface area contributed by atoms with Crippen molar-refractivity contribution in [1.82, 2.24) is 25.3 Å². The fraction of sp³-hybridized carbons (Fsp3) is 0.500. The molecule has 1 aromatic rings. The predicted molar refractivity (Wildman–Crippen MR) is 140 cm³/mol. The van der Waals surface area contributed by atoms with Gasteiger partial charge in [-0.25, -0.2) is 14.4 Å². The molecular formula is C26H36ClN5O4. The number of rotatable bonds is 8. The number of ether oxygens (including phenoxy) is 1. The van der Waals surface area contributed by atoms with Crippen LogP contribution in [-0.4, -0.2) is 84.6 Å². The summed E-state index contributed by atoms with van der Waals surface area (Å²) in [5.41, 5.74) is 1.53. The molecule has 1 saturated heterocycles. The highest BCUT2D eigenvalue weighted by molar-refractivity contribution is 6.31. The van der Waals surface area contributed by atoms with Gasteiger partial charge in [0.25, 0.3) is 0 Å². The molecule has 0 spiro atoms. The number of urea groups is 2. The number of nitrogens with one attached hydrogen (secondary N) is 2. The lowest BCUT2D eigenvalue weighted by molar-refractivity contribution is -0.139. The van der Waals surface area contributed by atoms with Crippen LogP contribution >= 0.6 is 11.6 Å². The van der Waals surface area contributed by atoms with Crippen molar-refractivity contribution in [3.05, 3.63) is 58.8 Å². The monoisotopic (exact) mass is 517 g/mol. The van der Waals surface area contributed by atoms with E-state index in [2.05, 4.69) is 22.1 Å². The Morgan fingerprint density at radius 2 is 2.00 bits per heavy atom. The van der Waals surface area contributed by atoms with Crippen molar-refractivity contribution in [2.24, 2.45) is 0 Å². The van der Waals surface area contributed by atoms with Gasteiger partial charge < -0.3 is 20.3 Å². The Kier molecular flexibility index (Phi) is 9.78. The van der Waals surface area contributed by atoms with Crippen molar-refractivity contribution in [2.45, 2.75) is 39.3 Å². The molecule has 0 aliphatic carbocycles. The highest BCUT2D eigenvalue weighted by atomic mass is 35.5. The molecule has 0 unspecified atom stereocenters. The predicted octanol–water partition coefficient (Wildman–Crippen LogP) is 3.54. The SMILES string of the molecule is C=CCN1C(=O)N[C@@H](c2ccccc2Cl)C(C(=O)OCC)=C1CN1CCCN(C(=O)NC(C)C)CC1. The molecule has 9 nitrogen and oxygen atoms in total. The summed E-state index contributed by atoms with van der Waals surface area (Å²) in [4.78, 5) is 44.6. The topological polar surface area (TPSA) is 94.2 Å². The first-order valence-electron chi connectivity index (χ1n) is 12.4. The normalized spacial score (nSPS) is 19.1. The van der Waals surface area contributed by atoms with Crippen LogP contribution < -0.4 is 10.6 Å². The van der Waals surface area contributed by atoms with Gasteiger partial charge in [0.2, 0.25) is 0 Å². The van der Waals surface area contributed by atoms with Gasteiger partial charge in [0.1, 0.15) is 0 Å². The van der Waals surface area contributed by atoms with E-state index >= 15 is 0 Å². The lowest BCUT2D eigenvalue weighted by Gasteiger charge is -2.38. The number of benzene rings is 1. The van der Waals surface area contributed by atoms with E-state index in [1.165, 1.54) is 4.90 Å². The third kappa shape index (κ3) is 6.59. The van der Waals surface area contributed by atoms with Crippen molar-refractivity contribution in [1.29, 1.82) is 0 Å². The molecule has 10 heteroatoms. The Morgan fingerprint density at radius 3 is 2.67 bits per heavy atom. The van der Waals surface area contributed by atoms with Gasteiger partial charge >= 0.3 is 18.0 Å². The number of nitrogens with zero attached hydrogens (tertiary/aromatic N) is 3. The average Bonchev–Trinajstić information content (AvgIpc) is 3.07. The zero-order valence-corrected chi connectivity index (χ0v) is 22.0. The first kappa shape index (κ1) is 27.5. The van der Waals surface area contributed by atoms with E-state index in [0.717, 1.165) is 6.42 Å². The molecule has 36 heavy (non-hydrogen) atoms. The minimum Gasteiger partial charge on any atom is -0.463 e. The molecule has 1 fully saturated rings. The summed E-state index contributed by atoms with van der Waals surface area (Å²) in [5, 5.41) is 6.33. The summed E-state index contributed by atoms with van der Waals surface area (Å²) >= 11 is 6.48. The Morgan fingerprint density at radius 1 is 1.25 bits per heavy atom. The molecule has 2 N–H and O–H groups in total. The maximum atomic E-state index is 13.3. The summed E-state index contributed by atoms with van der Waals surface area (Å²) in [6.45, 7) is 12.7. The molecule has 2 aliphatic heterocycles. The summed E-state index contributed by atoms with van der Waals surface area (Å²) in [7, 11) is 0. The molecule has 3 rings (SSSR count). The largest absolute Gasteiger partial charge is 0.463 e. The quantitative estimate of drug-likeness (QED) is 0.406. The highest BCUT2D eigenvalue weighted by Crippen LogP contribution is 2.35. The molecule has 196 valence electrons. The van der Waals surface area contributed by atoms with Crippen molar-refractivity contribution in [3.8, 4) is 0 Å². The zero-order chi connectivity index (χ0) is 26.2. The van der Waals surface area contributed by atoms with E-state index in [9.17, 15) is 14.4 Å². The Hall–Kier alpha value is -3.04. The summed E-state index contributed by atoms with van der Waals surface area (Å²) in [6, 6.07) is 6.03. The molecule has 0 saturated carbocycles. The van der Waals surface area contributed by atoms with E-state index in [0.29, 0.717) is 54.6 Å². The van der Waals surface area contributed by atoms with Gasteiger partial charge in [-0.1, -0.05) is 35.9 Å². The van der Waals surface area contributed by atoms with Gasteiger partial charge in [0, 0.05) is 56.0 Å². The van der Waals surface area contributed by atoms with Crippen molar-refractivity contribution >= 4 is 29.6 Å². The van der Waals surface area contributed by atoms with Crippen LogP contribution in [0.3, 0.4) is 0 Å². The number of amides is 4. The number of carbonyl (C=O) groups is 3. The first-order chi connectivity index (χ1) is 17.3. The molecule has 0 aromatic heterocycles. The van der Waals surface area contributed by atoms with Crippen LogP contribution in [0.1, 0.15) is 38.8 Å². The highest BCUT2D eigenvalue weighted by Gasteiger charge is 2.39. The fourth-order valence-corrected chi connectivity index (χ4v) is 4.71. The van der Waals surface area contributed by atoms with E-state index in [1.54, 1.807) is 31.2 Å². The number of carbonyl (C=O) groups excluding carboxylic acids is 3. The third-order valence-corrected chi connectivity index (χ3v) is 6.47. The van der Waals surface area contributed by atoms with Crippen LogP contribution in [0.25, 0.3) is 0 Å². The van der Waals surface area contributed by atoms with Crippen LogP contribution in [0.15, 0.2) is 48.2 Å². The Balaban J connectivity index is 1.98. The molecule has 1 atom stereocenters. The van der Waals surface area contributed by atoms with Crippen LogP contribution in [0, 0.1) is 0 Å². The lowest BCUT2D eigenvalue weighted by atomic mass is 9.94. The summed E-state index contributed by atoms with van der Waals surface area (Å²) in [6.07, 6.45) is 2.40. The molecule has 2 aliphatic rings. The minimum absolute atomic E-state index is 0.0594. The second-order valence-corrected chi connectivity index (χ2v) is 9.51. The van der Waals surface area contributed by atoms with E-state index in [1.807, 2.05) is 24.8 Å². The van der Waals surface area contributed by atoms with Crippen molar-refractivity contribution in [3.63, 3.8) is 0 Å². The van der Waals surface area contributed by atoms with Crippen LogP contribution in [-0.2, 0) is 9.53 Å². The van der Waals surface area contributed by atoms with Gasteiger partial charge in [-0.05, 0) is 38.8 Å². The van der Waals surface area contributed by atoms with Gasteiger partial charge in [-0.15, -0.1) is 6.58 Å². The van der Waals surface area contributed by atoms with Crippen LogP contribution in [0.4, 0.5) is 9.59 Å².